The average molecular weight is 450 g/mol. The van der Waals surface area contributed by atoms with Crippen LogP contribution in [0.25, 0.3) is 0 Å². The zero-order chi connectivity index (χ0) is 21.9. The zero-order valence-corrected chi connectivity index (χ0v) is 19.7. The Labute approximate surface area is 183 Å². The number of sulfonamides is 1. The normalized spacial score (nSPS) is 15.0. The van der Waals surface area contributed by atoms with Gasteiger partial charge in [-0.25, -0.2) is 8.42 Å². The fourth-order valence-electron chi connectivity index (χ4n) is 3.89. The molecule has 6 nitrogen and oxygen atoms in total. The maximum Gasteiger partial charge on any atom is 0.252 e. The van der Waals surface area contributed by atoms with Crippen LogP contribution in [0.5, 0.6) is 0 Å². The Morgan fingerprint density at radius 2 is 1.83 bits per heavy atom. The van der Waals surface area contributed by atoms with Gasteiger partial charge in [-0.3, -0.25) is 9.69 Å². The van der Waals surface area contributed by atoms with Gasteiger partial charge in [-0.05, 0) is 51.3 Å². The van der Waals surface area contributed by atoms with Crippen LogP contribution < -0.4 is 5.32 Å². The van der Waals surface area contributed by atoms with Gasteiger partial charge in [0.15, 0.2) is 0 Å². The first-order chi connectivity index (χ1) is 14.2. The summed E-state index contributed by atoms with van der Waals surface area (Å²) in [5.74, 6) is -0.232. The Morgan fingerprint density at radius 1 is 1.17 bits per heavy atom. The minimum atomic E-state index is -3.61. The molecule has 1 N–H and O–H groups in total. The Balaban J connectivity index is 1.63. The van der Waals surface area contributed by atoms with Crippen LogP contribution in [0.2, 0.25) is 0 Å². The highest BCUT2D eigenvalue weighted by Gasteiger charge is 2.30. The van der Waals surface area contributed by atoms with Gasteiger partial charge in [0.05, 0.1) is 5.56 Å². The summed E-state index contributed by atoms with van der Waals surface area (Å²) in [6.45, 7) is 10.7. The van der Waals surface area contributed by atoms with Crippen LogP contribution in [0.3, 0.4) is 0 Å². The lowest BCUT2D eigenvalue weighted by Gasteiger charge is -2.30. The van der Waals surface area contributed by atoms with Crippen molar-refractivity contribution in [1.82, 2.24) is 14.5 Å². The summed E-state index contributed by atoms with van der Waals surface area (Å²) in [6, 6.07) is 10.2. The highest BCUT2D eigenvalue weighted by atomic mass is 32.2. The molecule has 30 heavy (non-hydrogen) atoms. The molecule has 2 heterocycles. The molecule has 8 heteroatoms. The molecule has 1 aromatic heterocycles. The van der Waals surface area contributed by atoms with Gasteiger partial charge in [-0.2, -0.15) is 4.31 Å². The molecule has 0 unspecified atom stereocenters. The predicted octanol–water partition coefficient (Wildman–Crippen LogP) is 3.34. The van der Waals surface area contributed by atoms with E-state index in [0.717, 1.165) is 23.4 Å². The van der Waals surface area contributed by atoms with Crippen molar-refractivity contribution in [2.45, 2.75) is 57.0 Å². The second-order valence-corrected chi connectivity index (χ2v) is 11.3. The van der Waals surface area contributed by atoms with Crippen molar-refractivity contribution in [3.05, 3.63) is 52.4 Å². The highest BCUT2D eigenvalue weighted by molar-refractivity contribution is 7.91. The number of hydrogen-bond acceptors (Lipinski definition) is 5. The number of benzene rings is 1. The number of rotatable bonds is 8. The van der Waals surface area contributed by atoms with Crippen molar-refractivity contribution in [2.75, 3.05) is 19.6 Å². The van der Waals surface area contributed by atoms with Crippen LogP contribution in [0.15, 0.2) is 39.9 Å². The van der Waals surface area contributed by atoms with Crippen LogP contribution in [-0.2, 0) is 23.0 Å². The van der Waals surface area contributed by atoms with Crippen molar-refractivity contribution < 1.29 is 13.2 Å². The molecule has 0 atom stereocenters. The molecule has 0 aliphatic carbocycles. The van der Waals surface area contributed by atoms with Gasteiger partial charge in [-0.1, -0.05) is 24.3 Å². The van der Waals surface area contributed by atoms with Gasteiger partial charge in [0.1, 0.15) is 4.21 Å². The Bertz CT molecular complexity index is 975. The maximum absolute atomic E-state index is 13.1. The summed E-state index contributed by atoms with van der Waals surface area (Å²) in [6.07, 6.45) is 0.705. The lowest BCUT2D eigenvalue weighted by molar-refractivity contribution is 0.0939. The smallest absolute Gasteiger partial charge is 0.252 e. The largest absolute Gasteiger partial charge is 0.351 e. The Hall–Kier alpha value is -1.74. The van der Waals surface area contributed by atoms with E-state index in [1.165, 1.54) is 15.9 Å². The van der Waals surface area contributed by atoms with E-state index in [1.807, 2.05) is 24.3 Å². The van der Waals surface area contributed by atoms with Gasteiger partial charge >= 0.3 is 0 Å². The third-order valence-electron chi connectivity index (χ3n) is 5.51. The second kappa shape index (κ2) is 9.60. The molecule has 1 amide bonds. The Kier molecular flexibility index (Phi) is 7.34. The number of thiophene rings is 1. The van der Waals surface area contributed by atoms with E-state index in [-0.39, 0.29) is 10.1 Å². The summed E-state index contributed by atoms with van der Waals surface area (Å²) < 4.78 is 27.9. The van der Waals surface area contributed by atoms with Gasteiger partial charge in [0.2, 0.25) is 0 Å². The molecule has 1 aromatic carbocycles. The maximum atomic E-state index is 13.1. The number of nitrogens with zero attached hydrogens (tertiary/aromatic N) is 2. The zero-order valence-electron chi connectivity index (χ0n) is 18.1. The van der Waals surface area contributed by atoms with E-state index in [4.69, 9.17) is 0 Å². The van der Waals surface area contributed by atoms with Crippen LogP contribution in [0, 0.1) is 0 Å². The number of carbonyl (C=O) groups is 1. The van der Waals surface area contributed by atoms with Gasteiger partial charge < -0.3 is 5.32 Å². The van der Waals surface area contributed by atoms with Crippen molar-refractivity contribution in [2.24, 2.45) is 0 Å². The minimum Gasteiger partial charge on any atom is -0.351 e. The van der Waals surface area contributed by atoms with Crippen LogP contribution in [0.4, 0.5) is 0 Å². The molecule has 0 radical (unpaired) electrons. The SMILES string of the molecule is CC(C)N(CCNC(=O)c1csc(S(=O)(=O)N2CCc3ccccc3C2)c1)C(C)C. The van der Waals surface area contributed by atoms with E-state index >= 15 is 0 Å². The standard InChI is InChI=1S/C22H31N3O3S2/c1-16(2)25(17(3)4)12-10-23-22(26)20-13-21(29-15-20)30(27,28)24-11-9-18-7-5-6-8-19(18)14-24/h5-8,13,15-17H,9-12,14H2,1-4H3,(H,23,26). The second-order valence-electron chi connectivity index (χ2n) is 8.19. The number of carbonyl (C=O) groups excluding carboxylic acids is 1. The van der Waals surface area contributed by atoms with Gasteiger partial charge in [-0.15, -0.1) is 11.3 Å². The molecule has 0 fully saturated rings. The first kappa shape index (κ1) is 22.9. The summed E-state index contributed by atoms with van der Waals surface area (Å²) in [5.41, 5.74) is 2.64. The summed E-state index contributed by atoms with van der Waals surface area (Å²) in [4.78, 5) is 14.8. The first-order valence-corrected chi connectivity index (χ1v) is 12.7. The van der Waals surface area contributed by atoms with E-state index in [2.05, 4.69) is 37.9 Å². The number of amides is 1. The average Bonchev–Trinajstić information content (AvgIpc) is 3.21. The highest BCUT2D eigenvalue weighted by Crippen LogP contribution is 2.28. The molecule has 0 bridgehead atoms. The van der Waals surface area contributed by atoms with Crippen molar-refractivity contribution in [3.8, 4) is 0 Å². The molecular weight excluding hydrogens is 418 g/mol. The fraction of sp³-hybridized carbons (Fsp3) is 0.500. The topological polar surface area (TPSA) is 69.7 Å². The monoisotopic (exact) mass is 449 g/mol. The predicted molar refractivity (Wildman–Crippen MR) is 121 cm³/mol. The van der Waals surface area contributed by atoms with E-state index in [1.54, 1.807) is 5.38 Å². The summed E-state index contributed by atoms with van der Waals surface area (Å²) >= 11 is 1.11. The lowest BCUT2D eigenvalue weighted by Crippen LogP contribution is -2.42. The van der Waals surface area contributed by atoms with Crippen molar-refractivity contribution >= 4 is 27.3 Å². The molecule has 0 spiro atoms. The summed E-state index contributed by atoms with van der Waals surface area (Å²) in [5, 5.41) is 4.54. The van der Waals surface area contributed by atoms with Crippen LogP contribution >= 0.6 is 11.3 Å². The third-order valence-corrected chi connectivity index (χ3v) is 8.77. The minimum absolute atomic E-state index is 0.220. The molecule has 0 saturated heterocycles. The first-order valence-electron chi connectivity index (χ1n) is 10.4. The fourth-order valence-corrected chi connectivity index (χ4v) is 6.62. The molecule has 164 valence electrons. The number of fused-ring (bicyclic) bond motifs is 1. The van der Waals surface area contributed by atoms with Crippen LogP contribution in [0.1, 0.15) is 49.2 Å². The van der Waals surface area contributed by atoms with Gasteiger partial charge in [0, 0.05) is 43.6 Å². The van der Waals surface area contributed by atoms with Crippen molar-refractivity contribution in [3.63, 3.8) is 0 Å². The quantitative estimate of drug-likeness (QED) is 0.671. The third kappa shape index (κ3) is 5.11. The van der Waals surface area contributed by atoms with Crippen LogP contribution in [-0.4, -0.2) is 55.2 Å². The lowest BCUT2D eigenvalue weighted by atomic mass is 10.0. The molecule has 2 aromatic rings. The van der Waals surface area contributed by atoms with E-state index in [9.17, 15) is 13.2 Å². The molecular formula is C22H31N3O3S2. The summed E-state index contributed by atoms with van der Waals surface area (Å²) in [7, 11) is -3.61. The number of hydrogen-bond donors (Lipinski definition) is 1. The number of nitrogens with one attached hydrogen (secondary N) is 1. The van der Waals surface area contributed by atoms with E-state index in [0.29, 0.717) is 43.7 Å². The Morgan fingerprint density at radius 3 is 2.50 bits per heavy atom. The molecule has 1 aliphatic rings. The van der Waals surface area contributed by atoms with Crippen molar-refractivity contribution in [1.29, 1.82) is 0 Å². The van der Waals surface area contributed by atoms with Gasteiger partial charge in [0.25, 0.3) is 15.9 Å². The van der Waals surface area contributed by atoms with E-state index < -0.39 is 10.0 Å². The molecule has 0 saturated carbocycles. The molecule has 3 rings (SSSR count). The molecule has 1 aliphatic heterocycles.